The molecule has 21 heavy (non-hydrogen) atoms. The average Bonchev–Trinajstić information content (AvgIpc) is 2.44. The Kier molecular flexibility index (Phi) is 2.81. The number of carbonyl (C=O) groups excluding carboxylic acids is 1. The number of hydrogen-bond acceptors (Lipinski definition) is 2. The van der Waals surface area contributed by atoms with Crippen LogP contribution in [0.1, 0.15) is 48.9 Å². The minimum atomic E-state index is -1.07. The van der Waals surface area contributed by atoms with Crippen molar-refractivity contribution in [2.45, 2.75) is 49.8 Å². The second-order valence-electron chi connectivity index (χ2n) is 7.45. The summed E-state index contributed by atoms with van der Waals surface area (Å²) in [5.74, 6) is 0.320. The van der Waals surface area contributed by atoms with E-state index in [4.69, 9.17) is 0 Å². The lowest BCUT2D eigenvalue weighted by Gasteiger charge is -2.60. The largest absolute Gasteiger partial charge is 0.389 e. The Hall–Kier alpha value is -1.22. The molecule has 4 aliphatic rings. The van der Waals surface area contributed by atoms with Crippen LogP contribution in [0.4, 0.5) is 4.39 Å². The van der Waals surface area contributed by atoms with Gasteiger partial charge in [-0.15, -0.1) is 0 Å². The monoisotopic (exact) mass is 288 g/mol. The fraction of sp³-hybridized carbons (Fsp3) is 0.611. The molecular formula is C18H21FO2. The third-order valence-electron chi connectivity index (χ3n) is 6.07. The molecular weight excluding hydrogens is 267 g/mol. The van der Waals surface area contributed by atoms with Gasteiger partial charge in [0.1, 0.15) is 5.67 Å². The number of rotatable bonds is 3. The number of hydrogen-bond donors (Lipinski definition) is 1. The third kappa shape index (κ3) is 2.05. The van der Waals surface area contributed by atoms with E-state index in [-0.39, 0.29) is 24.0 Å². The molecule has 0 aliphatic heterocycles. The number of ketones is 1. The van der Waals surface area contributed by atoms with Crippen molar-refractivity contribution in [3.8, 4) is 0 Å². The molecule has 4 aliphatic carbocycles. The van der Waals surface area contributed by atoms with E-state index >= 15 is 0 Å². The first kappa shape index (κ1) is 13.4. The van der Waals surface area contributed by atoms with Crippen molar-refractivity contribution in [1.29, 1.82) is 0 Å². The maximum atomic E-state index is 14.7. The molecule has 1 aromatic rings. The Balaban J connectivity index is 1.59. The first-order valence-corrected chi connectivity index (χ1v) is 7.98. The van der Waals surface area contributed by atoms with Crippen molar-refractivity contribution < 1.29 is 14.3 Å². The molecule has 0 amide bonds. The van der Waals surface area contributed by atoms with Crippen molar-refractivity contribution in [3.05, 3.63) is 35.9 Å². The highest BCUT2D eigenvalue weighted by molar-refractivity contribution is 5.96. The highest BCUT2D eigenvalue weighted by atomic mass is 19.1. The minimum absolute atomic E-state index is 0.0153. The highest BCUT2D eigenvalue weighted by Gasteiger charge is 2.62. The van der Waals surface area contributed by atoms with Crippen LogP contribution in [0.25, 0.3) is 0 Å². The SMILES string of the molecule is O=C(CC1(O)C2CC3CC1CC(F)(C3)C2)c1ccccc1. The van der Waals surface area contributed by atoms with E-state index in [1.54, 1.807) is 12.1 Å². The zero-order chi connectivity index (χ0) is 14.7. The van der Waals surface area contributed by atoms with Gasteiger partial charge in [-0.3, -0.25) is 4.79 Å². The topological polar surface area (TPSA) is 37.3 Å². The van der Waals surface area contributed by atoms with E-state index in [9.17, 15) is 14.3 Å². The van der Waals surface area contributed by atoms with Crippen LogP contribution in [-0.2, 0) is 0 Å². The Morgan fingerprint density at radius 2 is 1.76 bits per heavy atom. The van der Waals surface area contributed by atoms with E-state index in [2.05, 4.69) is 0 Å². The molecule has 4 bridgehead atoms. The average molecular weight is 288 g/mol. The standard InChI is InChI=1S/C18H21FO2/c19-17-8-12-6-14(9-17)18(21,15(7-12)10-17)11-16(20)13-4-2-1-3-5-13/h1-5,12,14-15,21H,6-11H2. The van der Waals surface area contributed by atoms with Gasteiger partial charge in [0.25, 0.3) is 0 Å². The minimum Gasteiger partial charge on any atom is -0.389 e. The fourth-order valence-electron chi connectivity index (χ4n) is 5.25. The lowest BCUT2D eigenvalue weighted by atomic mass is 9.48. The number of alkyl halides is 1. The van der Waals surface area contributed by atoms with E-state index in [1.807, 2.05) is 18.2 Å². The molecule has 2 nitrogen and oxygen atoms in total. The van der Waals surface area contributed by atoms with Crippen molar-refractivity contribution in [1.82, 2.24) is 0 Å². The van der Waals surface area contributed by atoms with Crippen LogP contribution in [0.2, 0.25) is 0 Å². The molecule has 0 heterocycles. The molecule has 0 saturated heterocycles. The summed E-state index contributed by atoms with van der Waals surface area (Å²) < 4.78 is 14.7. The normalized spacial score (nSPS) is 44.0. The number of benzene rings is 1. The van der Waals surface area contributed by atoms with Crippen LogP contribution in [0.5, 0.6) is 0 Å². The summed E-state index contributed by atoms with van der Waals surface area (Å²) in [5.41, 5.74) is -1.41. The van der Waals surface area contributed by atoms with E-state index < -0.39 is 11.3 Å². The second kappa shape index (κ2) is 4.39. The maximum Gasteiger partial charge on any atom is 0.165 e. The molecule has 1 N–H and O–H groups in total. The Bertz CT molecular complexity index is 552. The zero-order valence-electron chi connectivity index (χ0n) is 12.1. The van der Waals surface area contributed by atoms with Crippen LogP contribution >= 0.6 is 0 Å². The molecule has 2 atom stereocenters. The summed E-state index contributed by atoms with van der Waals surface area (Å²) in [5, 5.41) is 11.1. The zero-order valence-corrected chi connectivity index (χ0v) is 12.1. The molecule has 0 spiro atoms. The quantitative estimate of drug-likeness (QED) is 0.864. The lowest BCUT2D eigenvalue weighted by molar-refractivity contribution is -0.203. The number of halogens is 1. The summed E-state index contributed by atoms with van der Waals surface area (Å²) in [4.78, 5) is 12.5. The summed E-state index contributed by atoms with van der Waals surface area (Å²) >= 11 is 0. The van der Waals surface area contributed by atoms with Gasteiger partial charge in [-0.1, -0.05) is 30.3 Å². The first-order valence-electron chi connectivity index (χ1n) is 7.98. The van der Waals surface area contributed by atoms with Gasteiger partial charge in [0, 0.05) is 12.0 Å². The predicted octanol–water partition coefficient (Wildman–Crippen LogP) is 3.54. The Morgan fingerprint density at radius 3 is 2.33 bits per heavy atom. The molecule has 4 fully saturated rings. The van der Waals surface area contributed by atoms with Gasteiger partial charge in [-0.25, -0.2) is 4.39 Å². The summed E-state index contributed by atoms with van der Waals surface area (Å²) in [6, 6.07) is 9.13. The van der Waals surface area contributed by atoms with Crippen molar-refractivity contribution in [2.75, 3.05) is 0 Å². The molecule has 1 aromatic carbocycles. The van der Waals surface area contributed by atoms with Crippen LogP contribution in [0, 0.1) is 17.8 Å². The van der Waals surface area contributed by atoms with E-state index in [1.165, 1.54) is 0 Å². The summed E-state index contributed by atoms with van der Waals surface area (Å²) in [6.07, 6.45) is 3.48. The van der Waals surface area contributed by atoms with Gasteiger partial charge in [-0.05, 0) is 49.9 Å². The predicted molar refractivity (Wildman–Crippen MR) is 77.7 cm³/mol. The molecule has 4 saturated carbocycles. The van der Waals surface area contributed by atoms with Gasteiger partial charge in [-0.2, -0.15) is 0 Å². The number of aliphatic hydroxyl groups is 1. The van der Waals surface area contributed by atoms with Gasteiger partial charge in [0.05, 0.1) is 5.60 Å². The summed E-state index contributed by atoms with van der Waals surface area (Å²) in [7, 11) is 0. The van der Waals surface area contributed by atoms with Crippen LogP contribution in [0.3, 0.4) is 0 Å². The van der Waals surface area contributed by atoms with Crippen LogP contribution in [0.15, 0.2) is 30.3 Å². The van der Waals surface area contributed by atoms with Crippen LogP contribution < -0.4 is 0 Å². The number of carbonyl (C=O) groups is 1. The highest BCUT2D eigenvalue weighted by Crippen LogP contribution is 2.62. The van der Waals surface area contributed by atoms with Gasteiger partial charge < -0.3 is 5.11 Å². The molecule has 0 aromatic heterocycles. The van der Waals surface area contributed by atoms with Crippen molar-refractivity contribution >= 4 is 5.78 Å². The maximum absolute atomic E-state index is 14.7. The number of Topliss-reactive ketones (excluding diaryl/α,β-unsaturated/α-hetero) is 1. The fourth-order valence-corrected chi connectivity index (χ4v) is 5.25. The molecule has 2 unspecified atom stereocenters. The van der Waals surface area contributed by atoms with Gasteiger partial charge in [0.2, 0.25) is 0 Å². The van der Waals surface area contributed by atoms with Crippen molar-refractivity contribution in [3.63, 3.8) is 0 Å². The van der Waals surface area contributed by atoms with Gasteiger partial charge >= 0.3 is 0 Å². The first-order chi connectivity index (χ1) is 9.98. The molecule has 0 radical (unpaired) electrons. The van der Waals surface area contributed by atoms with E-state index in [0.29, 0.717) is 30.7 Å². The second-order valence-corrected chi connectivity index (χ2v) is 7.45. The van der Waals surface area contributed by atoms with Crippen LogP contribution in [-0.4, -0.2) is 22.2 Å². The molecule has 3 heteroatoms. The third-order valence-corrected chi connectivity index (χ3v) is 6.07. The Labute approximate surface area is 124 Å². The lowest BCUT2D eigenvalue weighted by Crippen LogP contribution is -2.62. The summed E-state index contributed by atoms with van der Waals surface area (Å²) in [6.45, 7) is 0. The van der Waals surface area contributed by atoms with E-state index in [0.717, 1.165) is 12.8 Å². The van der Waals surface area contributed by atoms with Crippen molar-refractivity contribution in [2.24, 2.45) is 17.8 Å². The van der Waals surface area contributed by atoms with Gasteiger partial charge in [0.15, 0.2) is 5.78 Å². The smallest absolute Gasteiger partial charge is 0.165 e. The Morgan fingerprint density at radius 1 is 1.14 bits per heavy atom. The molecule has 112 valence electrons. The molecule has 5 rings (SSSR count).